The van der Waals surface area contributed by atoms with Crippen molar-refractivity contribution in [3.8, 4) is 0 Å². The average Bonchev–Trinajstić information content (AvgIpc) is 2.94. The van der Waals surface area contributed by atoms with Crippen molar-refractivity contribution in [2.45, 2.75) is 25.4 Å². The number of nitrogens with one attached hydrogen (secondary N) is 1. The number of rotatable bonds is 6. The van der Waals surface area contributed by atoms with Crippen LogP contribution < -0.4 is 11.2 Å². The van der Waals surface area contributed by atoms with Gasteiger partial charge in [-0.2, -0.15) is 0 Å². The van der Waals surface area contributed by atoms with Gasteiger partial charge >= 0.3 is 0 Å². The number of hydrogen-bond donors (Lipinski definition) is 2. The van der Waals surface area contributed by atoms with E-state index in [9.17, 15) is 9.18 Å². The molecule has 3 aromatic rings. The third kappa shape index (κ3) is 4.85. The number of nitrogens with zero attached hydrogens (tertiary/aromatic N) is 3. The number of benzene rings is 2. The lowest BCUT2D eigenvalue weighted by Gasteiger charge is -2.07. The van der Waals surface area contributed by atoms with Crippen LogP contribution in [0.4, 0.5) is 10.1 Å². The Morgan fingerprint density at radius 2 is 1.89 bits per heavy atom. The maximum atomic E-state index is 13.8. The number of hydrogen-bond acceptors (Lipinski definition) is 5. The molecule has 1 amide bonds. The van der Waals surface area contributed by atoms with Crippen LogP contribution in [0.2, 0.25) is 0 Å². The molecule has 2 aromatic carbocycles. The molecule has 27 heavy (non-hydrogen) atoms. The average molecular weight is 385 g/mol. The summed E-state index contributed by atoms with van der Waals surface area (Å²) < 4.78 is 15.1. The van der Waals surface area contributed by atoms with Crippen molar-refractivity contribution in [1.29, 1.82) is 0 Å². The van der Waals surface area contributed by atoms with Crippen LogP contribution in [-0.4, -0.2) is 26.5 Å². The minimum Gasteiger partial charge on any atom is -0.336 e. The molecule has 140 valence electrons. The molecule has 0 saturated carbocycles. The summed E-state index contributed by atoms with van der Waals surface area (Å²) in [4.78, 5) is 12.2. The first-order valence-electron chi connectivity index (χ1n) is 8.36. The molecule has 0 atom stereocenters. The first-order chi connectivity index (χ1) is 12.9. The Labute approximate surface area is 161 Å². The van der Waals surface area contributed by atoms with Crippen LogP contribution in [0.3, 0.4) is 0 Å². The summed E-state index contributed by atoms with van der Waals surface area (Å²) in [6.45, 7) is 3.96. The molecule has 0 radical (unpaired) electrons. The number of thioether (sulfide) groups is 1. The lowest BCUT2D eigenvalue weighted by atomic mass is 10.1. The molecular weight excluding hydrogens is 365 g/mol. The molecule has 6 nitrogen and oxygen atoms in total. The van der Waals surface area contributed by atoms with Crippen molar-refractivity contribution in [3.05, 3.63) is 70.8 Å². The Morgan fingerprint density at radius 1 is 1.19 bits per heavy atom. The summed E-state index contributed by atoms with van der Waals surface area (Å²) in [5.41, 5.74) is 3.41. The molecule has 0 saturated heterocycles. The fraction of sp³-hybridized carbons (Fsp3) is 0.211. The summed E-state index contributed by atoms with van der Waals surface area (Å²) >= 11 is 1.18. The zero-order chi connectivity index (χ0) is 19.4. The van der Waals surface area contributed by atoms with Crippen LogP contribution in [0.5, 0.6) is 0 Å². The quantitative estimate of drug-likeness (QED) is 0.503. The maximum absolute atomic E-state index is 13.8. The minimum atomic E-state index is -0.317. The molecular formula is C19H20FN5OS. The van der Waals surface area contributed by atoms with Gasteiger partial charge in [-0.25, -0.2) is 9.07 Å². The van der Waals surface area contributed by atoms with Crippen LogP contribution >= 0.6 is 11.8 Å². The summed E-state index contributed by atoms with van der Waals surface area (Å²) in [6, 6.07) is 12.3. The van der Waals surface area contributed by atoms with Gasteiger partial charge in [0.1, 0.15) is 5.82 Å². The van der Waals surface area contributed by atoms with Crippen LogP contribution in [-0.2, 0) is 11.2 Å². The number of anilines is 1. The minimum absolute atomic E-state index is 0.141. The highest BCUT2D eigenvalue weighted by molar-refractivity contribution is 7.99. The van der Waals surface area contributed by atoms with Gasteiger partial charge < -0.3 is 11.2 Å². The van der Waals surface area contributed by atoms with Crippen LogP contribution in [0.25, 0.3) is 0 Å². The van der Waals surface area contributed by atoms with E-state index in [-0.39, 0.29) is 23.9 Å². The van der Waals surface area contributed by atoms with Gasteiger partial charge in [0.25, 0.3) is 0 Å². The second-order valence-corrected chi connectivity index (χ2v) is 7.19. The van der Waals surface area contributed by atoms with Crippen molar-refractivity contribution in [2.75, 3.05) is 16.9 Å². The smallest absolute Gasteiger partial charge is 0.234 e. The van der Waals surface area contributed by atoms with Gasteiger partial charge in [-0.3, -0.25) is 4.79 Å². The number of carbonyl (C=O) groups is 1. The van der Waals surface area contributed by atoms with Gasteiger partial charge in [0.2, 0.25) is 11.1 Å². The number of nitrogens with two attached hydrogens (primary N) is 1. The normalized spacial score (nSPS) is 10.8. The van der Waals surface area contributed by atoms with Gasteiger partial charge in [0, 0.05) is 12.1 Å². The summed E-state index contributed by atoms with van der Waals surface area (Å²) in [6.07, 6.45) is 0.228. The number of aryl methyl sites for hydroxylation is 2. The van der Waals surface area contributed by atoms with Gasteiger partial charge in [0.15, 0.2) is 5.82 Å². The van der Waals surface area contributed by atoms with E-state index in [0.717, 1.165) is 16.8 Å². The van der Waals surface area contributed by atoms with Crippen molar-refractivity contribution in [1.82, 2.24) is 14.9 Å². The van der Waals surface area contributed by atoms with Crippen molar-refractivity contribution in [3.63, 3.8) is 0 Å². The van der Waals surface area contributed by atoms with Gasteiger partial charge in [-0.05, 0) is 48.7 Å². The largest absolute Gasteiger partial charge is 0.336 e. The van der Waals surface area contributed by atoms with Crippen LogP contribution in [0.15, 0.2) is 47.6 Å². The zero-order valence-corrected chi connectivity index (χ0v) is 15.9. The van der Waals surface area contributed by atoms with E-state index in [2.05, 4.69) is 15.5 Å². The molecule has 0 bridgehead atoms. The number of carbonyl (C=O) groups excluding carboxylic acids is 1. The SMILES string of the molecule is Cc1cc(C)cc(NC(=O)CSc2nnc(Cc3ccccc3F)n2N)c1. The standard InChI is InChI=1S/C19H20FN5OS/c1-12-7-13(2)9-15(8-12)22-18(26)11-27-19-24-23-17(25(19)21)10-14-5-3-4-6-16(14)20/h3-9H,10-11,21H2,1-2H3,(H,22,26). The highest BCUT2D eigenvalue weighted by atomic mass is 32.2. The van der Waals surface area contributed by atoms with E-state index in [0.29, 0.717) is 16.5 Å². The number of amides is 1. The fourth-order valence-electron chi connectivity index (χ4n) is 2.71. The lowest BCUT2D eigenvalue weighted by molar-refractivity contribution is -0.113. The Bertz CT molecular complexity index is 952. The summed E-state index contributed by atoms with van der Waals surface area (Å²) in [5.74, 6) is 6.09. The van der Waals surface area contributed by atoms with Crippen molar-refractivity contribution < 1.29 is 9.18 Å². The Kier molecular flexibility index (Phi) is 5.75. The predicted octanol–water partition coefficient (Wildman–Crippen LogP) is 3.07. The van der Waals surface area contributed by atoms with Crippen molar-refractivity contribution in [2.24, 2.45) is 0 Å². The summed E-state index contributed by atoms with van der Waals surface area (Å²) in [5, 5.41) is 11.3. The highest BCUT2D eigenvalue weighted by Crippen LogP contribution is 2.19. The third-order valence-electron chi connectivity index (χ3n) is 3.88. The zero-order valence-electron chi connectivity index (χ0n) is 15.1. The first-order valence-corrected chi connectivity index (χ1v) is 9.34. The number of aromatic nitrogens is 3. The van der Waals surface area contributed by atoms with Gasteiger partial charge in [-0.15, -0.1) is 10.2 Å². The van der Waals surface area contributed by atoms with Gasteiger partial charge in [-0.1, -0.05) is 36.0 Å². The first kappa shape index (κ1) is 18.9. The molecule has 1 aromatic heterocycles. The Balaban J connectivity index is 1.61. The topological polar surface area (TPSA) is 85.8 Å². The summed E-state index contributed by atoms with van der Waals surface area (Å²) in [7, 11) is 0. The molecule has 1 heterocycles. The van der Waals surface area contributed by atoms with Crippen LogP contribution in [0, 0.1) is 19.7 Å². The van der Waals surface area contributed by atoms with Crippen molar-refractivity contribution >= 4 is 23.4 Å². The van der Waals surface area contributed by atoms with E-state index in [1.165, 1.54) is 22.5 Å². The molecule has 0 unspecified atom stereocenters. The molecule has 8 heteroatoms. The monoisotopic (exact) mass is 385 g/mol. The number of halogens is 1. The Morgan fingerprint density at radius 3 is 2.59 bits per heavy atom. The second kappa shape index (κ2) is 8.22. The molecule has 0 aliphatic carbocycles. The van der Waals surface area contributed by atoms with Crippen LogP contribution in [0.1, 0.15) is 22.5 Å². The van der Waals surface area contributed by atoms with E-state index in [1.54, 1.807) is 18.2 Å². The Hall–Kier alpha value is -2.87. The lowest BCUT2D eigenvalue weighted by Crippen LogP contribution is -2.17. The van der Waals surface area contributed by atoms with E-state index in [4.69, 9.17) is 5.84 Å². The molecule has 0 spiro atoms. The molecule has 0 fully saturated rings. The molecule has 0 aliphatic rings. The molecule has 3 rings (SSSR count). The number of nitrogen functional groups attached to an aromatic ring is 1. The molecule has 3 N–H and O–H groups in total. The molecule has 0 aliphatic heterocycles. The fourth-order valence-corrected chi connectivity index (χ4v) is 3.39. The van der Waals surface area contributed by atoms with E-state index < -0.39 is 0 Å². The maximum Gasteiger partial charge on any atom is 0.234 e. The van der Waals surface area contributed by atoms with E-state index >= 15 is 0 Å². The highest BCUT2D eigenvalue weighted by Gasteiger charge is 2.14. The third-order valence-corrected chi connectivity index (χ3v) is 4.82. The predicted molar refractivity (Wildman–Crippen MR) is 105 cm³/mol. The van der Waals surface area contributed by atoms with E-state index in [1.807, 2.05) is 32.0 Å². The second-order valence-electron chi connectivity index (χ2n) is 6.25. The van der Waals surface area contributed by atoms with Gasteiger partial charge in [0.05, 0.1) is 5.75 Å².